The summed E-state index contributed by atoms with van der Waals surface area (Å²) in [4.78, 5) is 16.2. The van der Waals surface area contributed by atoms with Crippen molar-refractivity contribution < 1.29 is 9.90 Å². The Kier molecular flexibility index (Phi) is 4.40. The molecule has 5 nitrogen and oxygen atoms in total. The van der Waals surface area contributed by atoms with Crippen LogP contribution in [0.3, 0.4) is 0 Å². The van der Waals surface area contributed by atoms with Crippen LogP contribution in [0.1, 0.15) is 32.5 Å². The Morgan fingerprint density at radius 2 is 1.86 bits per heavy atom. The van der Waals surface area contributed by atoms with Gasteiger partial charge in [-0.25, -0.2) is 4.98 Å². The van der Waals surface area contributed by atoms with Crippen LogP contribution in [-0.2, 0) is 18.3 Å². The van der Waals surface area contributed by atoms with Crippen LogP contribution in [0.4, 0.5) is 0 Å². The lowest BCUT2D eigenvalue weighted by Crippen LogP contribution is -2.33. The molecule has 0 amide bonds. The largest absolute Gasteiger partial charge is 0.481 e. The predicted molar refractivity (Wildman–Crippen MR) is 80.8 cm³/mol. The molecule has 0 unspecified atom stereocenters. The van der Waals surface area contributed by atoms with E-state index in [0.29, 0.717) is 30.9 Å². The molecule has 0 aliphatic heterocycles. The van der Waals surface area contributed by atoms with Crippen molar-refractivity contribution in [1.82, 2.24) is 14.8 Å². The molecular weight excluding hydrogens is 266 g/mol. The molecule has 1 N–H and O–H groups in total. The average Bonchev–Trinajstić information content (AvgIpc) is 2.86. The van der Waals surface area contributed by atoms with Gasteiger partial charge in [-0.3, -0.25) is 9.48 Å². The van der Waals surface area contributed by atoms with E-state index in [0.717, 1.165) is 5.56 Å². The Bertz CT molecular complexity index is 616. The van der Waals surface area contributed by atoms with Crippen LogP contribution < -0.4 is 0 Å². The summed E-state index contributed by atoms with van der Waals surface area (Å²) in [6, 6.07) is 9.71. The second-order valence-corrected chi connectivity index (χ2v) is 5.31. The molecule has 5 heteroatoms. The van der Waals surface area contributed by atoms with E-state index in [1.165, 1.54) is 0 Å². The highest BCUT2D eigenvalue weighted by molar-refractivity contribution is 5.74. The van der Waals surface area contributed by atoms with Gasteiger partial charge in [0, 0.05) is 19.0 Å². The second kappa shape index (κ2) is 6.08. The lowest BCUT2D eigenvalue weighted by Gasteiger charge is -2.25. The summed E-state index contributed by atoms with van der Waals surface area (Å²) in [6.45, 7) is 3.82. The van der Waals surface area contributed by atoms with Crippen LogP contribution in [0.2, 0.25) is 0 Å². The summed E-state index contributed by atoms with van der Waals surface area (Å²) in [5.74, 6) is 0.580. The first kappa shape index (κ1) is 15.2. The molecule has 0 fully saturated rings. The van der Waals surface area contributed by atoms with Crippen molar-refractivity contribution in [3.63, 3.8) is 0 Å². The van der Waals surface area contributed by atoms with Gasteiger partial charge in [0.15, 0.2) is 5.82 Å². The van der Waals surface area contributed by atoms with Crippen LogP contribution in [0.5, 0.6) is 0 Å². The lowest BCUT2D eigenvalue weighted by atomic mass is 9.79. The topological polar surface area (TPSA) is 68.0 Å². The number of carboxylic acid groups (broad SMARTS) is 1. The van der Waals surface area contributed by atoms with Crippen molar-refractivity contribution in [1.29, 1.82) is 0 Å². The molecule has 0 spiro atoms. The molecule has 21 heavy (non-hydrogen) atoms. The van der Waals surface area contributed by atoms with Gasteiger partial charge in [-0.15, -0.1) is 0 Å². The quantitative estimate of drug-likeness (QED) is 0.887. The highest BCUT2D eigenvalue weighted by Gasteiger charge is 2.36. The van der Waals surface area contributed by atoms with Crippen LogP contribution in [0.15, 0.2) is 30.3 Å². The van der Waals surface area contributed by atoms with Gasteiger partial charge in [-0.05, 0) is 12.8 Å². The van der Waals surface area contributed by atoms with E-state index in [-0.39, 0.29) is 0 Å². The van der Waals surface area contributed by atoms with Crippen LogP contribution in [0, 0.1) is 5.41 Å². The van der Waals surface area contributed by atoms with Crippen LogP contribution in [0.25, 0.3) is 11.4 Å². The first-order chi connectivity index (χ1) is 10.0. The molecule has 0 saturated heterocycles. The Hall–Kier alpha value is -2.17. The van der Waals surface area contributed by atoms with Crippen molar-refractivity contribution in [3.8, 4) is 11.4 Å². The molecule has 0 saturated carbocycles. The van der Waals surface area contributed by atoms with Crippen molar-refractivity contribution >= 4 is 5.97 Å². The number of benzene rings is 1. The zero-order valence-electron chi connectivity index (χ0n) is 12.7. The Morgan fingerprint density at radius 1 is 1.24 bits per heavy atom. The molecule has 2 aromatic rings. The highest BCUT2D eigenvalue weighted by Crippen LogP contribution is 2.31. The molecule has 2 rings (SSSR count). The molecule has 0 atom stereocenters. The maximum atomic E-state index is 11.6. The zero-order valence-corrected chi connectivity index (χ0v) is 12.7. The van der Waals surface area contributed by atoms with E-state index < -0.39 is 11.4 Å². The number of aryl methyl sites for hydroxylation is 1. The van der Waals surface area contributed by atoms with Gasteiger partial charge in [0.25, 0.3) is 0 Å². The van der Waals surface area contributed by atoms with E-state index in [4.69, 9.17) is 0 Å². The molecule has 112 valence electrons. The van der Waals surface area contributed by atoms with E-state index in [2.05, 4.69) is 10.1 Å². The summed E-state index contributed by atoms with van der Waals surface area (Å²) in [5.41, 5.74) is 0.169. The van der Waals surface area contributed by atoms with Gasteiger partial charge in [-0.1, -0.05) is 44.2 Å². The highest BCUT2D eigenvalue weighted by atomic mass is 16.4. The molecule has 0 bridgehead atoms. The zero-order chi connectivity index (χ0) is 15.5. The summed E-state index contributed by atoms with van der Waals surface area (Å²) < 4.78 is 1.69. The summed E-state index contributed by atoms with van der Waals surface area (Å²) in [6.07, 6.45) is 1.55. The Labute approximate surface area is 124 Å². The standard InChI is InChI=1S/C16H21N3O2/c1-4-16(5-2,15(20)21)11-13-17-14(18-19(13)3)12-9-7-6-8-10-12/h6-10H,4-5,11H2,1-3H3,(H,20,21). The summed E-state index contributed by atoms with van der Waals surface area (Å²) in [7, 11) is 1.81. The minimum atomic E-state index is -0.769. The number of aromatic nitrogens is 3. The monoisotopic (exact) mass is 287 g/mol. The van der Waals surface area contributed by atoms with Crippen LogP contribution in [-0.4, -0.2) is 25.8 Å². The third kappa shape index (κ3) is 2.96. The fraction of sp³-hybridized carbons (Fsp3) is 0.438. The second-order valence-electron chi connectivity index (χ2n) is 5.31. The number of nitrogens with zero attached hydrogens (tertiary/aromatic N) is 3. The maximum absolute atomic E-state index is 11.6. The third-order valence-corrected chi connectivity index (χ3v) is 4.19. The number of hydrogen-bond acceptors (Lipinski definition) is 3. The molecule has 0 radical (unpaired) electrons. The lowest BCUT2D eigenvalue weighted by molar-refractivity contribution is -0.149. The molecular formula is C16H21N3O2. The number of carbonyl (C=O) groups is 1. The average molecular weight is 287 g/mol. The van der Waals surface area contributed by atoms with Crippen molar-refractivity contribution in [2.24, 2.45) is 12.5 Å². The van der Waals surface area contributed by atoms with Crippen LogP contribution >= 0.6 is 0 Å². The van der Waals surface area contributed by atoms with Gasteiger partial charge in [0.05, 0.1) is 5.41 Å². The Balaban J connectivity index is 2.34. The van der Waals surface area contributed by atoms with Gasteiger partial charge < -0.3 is 5.11 Å². The number of rotatable bonds is 6. The first-order valence-corrected chi connectivity index (χ1v) is 7.21. The van der Waals surface area contributed by atoms with Crippen molar-refractivity contribution in [3.05, 3.63) is 36.2 Å². The first-order valence-electron chi connectivity index (χ1n) is 7.21. The SMILES string of the molecule is CCC(CC)(Cc1nc(-c2ccccc2)nn1C)C(=O)O. The fourth-order valence-electron chi connectivity index (χ4n) is 2.46. The summed E-state index contributed by atoms with van der Waals surface area (Å²) in [5, 5.41) is 13.9. The molecule has 1 heterocycles. The maximum Gasteiger partial charge on any atom is 0.310 e. The minimum absolute atomic E-state index is 0.395. The van der Waals surface area contributed by atoms with E-state index in [9.17, 15) is 9.90 Å². The van der Waals surface area contributed by atoms with Gasteiger partial charge >= 0.3 is 5.97 Å². The molecule has 1 aromatic heterocycles. The fourth-order valence-corrected chi connectivity index (χ4v) is 2.46. The number of carboxylic acids is 1. The van der Waals surface area contributed by atoms with E-state index in [1.54, 1.807) is 4.68 Å². The van der Waals surface area contributed by atoms with Gasteiger partial charge in [-0.2, -0.15) is 5.10 Å². The molecule has 0 aliphatic rings. The minimum Gasteiger partial charge on any atom is -0.481 e. The number of hydrogen-bond donors (Lipinski definition) is 1. The summed E-state index contributed by atoms with van der Waals surface area (Å²) >= 11 is 0. The van der Waals surface area contributed by atoms with E-state index in [1.807, 2.05) is 51.2 Å². The van der Waals surface area contributed by atoms with Crippen molar-refractivity contribution in [2.45, 2.75) is 33.1 Å². The Morgan fingerprint density at radius 3 is 2.38 bits per heavy atom. The van der Waals surface area contributed by atoms with Gasteiger partial charge in [0.1, 0.15) is 5.82 Å². The van der Waals surface area contributed by atoms with Gasteiger partial charge in [0.2, 0.25) is 0 Å². The van der Waals surface area contributed by atoms with E-state index >= 15 is 0 Å². The molecule has 1 aromatic carbocycles. The predicted octanol–water partition coefficient (Wildman–Crippen LogP) is 2.92. The normalized spacial score (nSPS) is 11.6. The molecule has 0 aliphatic carbocycles. The van der Waals surface area contributed by atoms with Crippen molar-refractivity contribution in [2.75, 3.05) is 0 Å². The number of aliphatic carboxylic acids is 1. The third-order valence-electron chi connectivity index (χ3n) is 4.19. The smallest absolute Gasteiger partial charge is 0.310 e.